The van der Waals surface area contributed by atoms with E-state index in [4.69, 9.17) is 4.74 Å². The number of rotatable bonds is 3. The molecule has 0 aliphatic rings. The maximum atomic E-state index is 10.6. The molecule has 0 aliphatic carbocycles. The number of benzene rings is 2. The van der Waals surface area contributed by atoms with Gasteiger partial charge in [0.25, 0.3) is 5.69 Å². The van der Waals surface area contributed by atoms with Gasteiger partial charge in [0.05, 0.1) is 11.0 Å². The van der Waals surface area contributed by atoms with E-state index >= 15 is 0 Å². The van der Waals surface area contributed by atoms with Crippen LogP contribution in [-0.2, 0) is 0 Å². The minimum Gasteiger partial charge on any atom is -0.457 e. The second kappa shape index (κ2) is 4.97. The average Bonchev–Trinajstić information content (AvgIpc) is 2.32. The van der Waals surface area contributed by atoms with Crippen LogP contribution in [0.4, 0.5) is 5.69 Å². The molecule has 0 bridgehead atoms. The van der Waals surface area contributed by atoms with Gasteiger partial charge in [-0.15, -0.1) is 0 Å². The van der Waals surface area contributed by atoms with Gasteiger partial charge in [0.1, 0.15) is 11.5 Å². The Hall–Kier alpha value is -1.88. The van der Waals surface area contributed by atoms with E-state index in [1.54, 1.807) is 24.3 Å². The Morgan fingerprint density at radius 2 is 1.76 bits per heavy atom. The number of hydrogen-bond donors (Lipinski definition) is 0. The average molecular weight is 294 g/mol. The lowest BCUT2D eigenvalue weighted by atomic mass is 10.3. The standard InChI is InChI=1S/C12H8BrNO3/c13-9-4-6-11(7-5-9)17-12-3-1-2-10(8-12)14(15)16/h1-8H. The maximum absolute atomic E-state index is 10.6. The van der Waals surface area contributed by atoms with Crippen LogP contribution in [0.3, 0.4) is 0 Å². The predicted molar refractivity (Wildman–Crippen MR) is 67.3 cm³/mol. The van der Waals surface area contributed by atoms with Crippen LogP contribution in [0, 0.1) is 10.1 Å². The van der Waals surface area contributed by atoms with E-state index in [1.165, 1.54) is 12.1 Å². The van der Waals surface area contributed by atoms with Gasteiger partial charge in [-0.2, -0.15) is 0 Å². The molecule has 0 aromatic heterocycles. The van der Waals surface area contributed by atoms with Gasteiger partial charge >= 0.3 is 0 Å². The molecule has 2 aromatic carbocycles. The van der Waals surface area contributed by atoms with Crippen LogP contribution >= 0.6 is 15.9 Å². The molecule has 0 amide bonds. The number of ether oxygens (including phenoxy) is 1. The number of halogens is 1. The fourth-order valence-electron chi connectivity index (χ4n) is 1.30. The summed E-state index contributed by atoms with van der Waals surface area (Å²) in [4.78, 5) is 10.1. The van der Waals surface area contributed by atoms with Crippen LogP contribution in [0.1, 0.15) is 0 Å². The highest BCUT2D eigenvalue weighted by Gasteiger charge is 2.06. The maximum Gasteiger partial charge on any atom is 0.273 e. The molecule has 0 heterocycles. The third kappa shape index (κ3) is 3.04. The Balaban J connectivity index is 2.21. The van der Waals surface area contributed by atoms with Crippen LogP contribution in [0.25, 0.3) is 0 Å². The van der Waals surface area contributed by atoms with Gasteiger partial charge in [-0.25, -0.2) is 0 Å². The molecule has 0 radical (unpaired) electrons. The molecule has 0 spiro atoms. The number of non-ortho nitro benzene ring substituents is 1. The van der Waals surface area contributed by atoms with Crippen molar-refractivity contribution in [1.82, 2.24) is 0 Å². The number of hydrogen-bond acceptors (Lipinski definition) is 3. The zero-order valence-electron chi connectivity index (χ0n) is 8.67. The molecular weight excluding hydrogens is 286 g/mol. The molecule has 17 heavy (non-hydrogen) atoms. The lowest BCUT2D eigenvalue weighted by molar-refractivity contribution is -0.384. The van der Waals surface area contributed by atoms with Crippen molar-refractivity contribution in [2.45, 2.75) is 0 Å². The highest BCUT2D eigenvalue weighted by molar-refractivity contribution is 9.10. The highest BCUT2D eigenvalue weighted by atomic mass is 79.9. The van der Waals surface area contributed by atoms with Crippen LogP contribution in [-0.4, -0.2) is 4.92 Å². The minimum absolute atomic E-state index is 0.0135. The van der Waals surface area contributed by atoms with Gasteiger partial charge in [-0.05, 0) is 30.3 Å². The first-order valence-corrected chi connectivity index (χ1v) is 5.62. The molecule has 2 aromatic rings. The van der Waals surface area contributed by atoms with Crippen molar-refractivity contribution in [3.8, 4) is 11.5 Å². The molecule has 0 N–H and O–H groups in total. The topological polar surface area (TPSA) is 52.4 Å². The van der Waals surface area contributed by atoms with Crippen LogP contribution in [0.5, 0.6) is 11.5 Å². The SMILES string of the molecule is O=[N+]([O-])c1cccc(Oc2ccc(Br)cc2)c1. The third-order valence-corrected chi connectivity index (χ3v) is 2.61. The molecular formula is C12H8BrNO3. The predicted octanol–water partition coefficient (Wildman–Crippen LogP) is 4.15. The van der Waals surface area contributed by atoms with E-state index in [9.17, 15) is 10.1 Å². The molecule has 86 valence electrons. The number of nitrogens with zero attached hydrogens (tertiary/aromatic N) is 1. The largest absolute Gasteiger partial charge is 0.457 e. The summed E-state index contributed by atoms with van der Waals surface area (Å²) in [7, 11) is 0. The van der Waals surface area contributed by atoms with Crippen molar-refractivity contribution in [3.63, 3.8) is 0 Å². The zero-order chi connectivity index (χ0) is 12.3. The second-order valence-corrected chi connectivity index (χ2v) is 4.23. The summed E-state index contributed by atoms with van der Waals surface area (Å²) in [5.41, 5.74) is 0.0135. The third-order valence-electron chi connectivity index (χ3n) is 2.08. The van der Waals surface area contributed by atoms with E-state index in [1.807, 2.05) is 12.1 Å². The fourth-order valence-corrected chi connectivity index (χ4v) is 1.56. The van der Waals surface area contributed by atoms with Gasteiger partial charge in [-0.1, -0.05) is 22.0 Å². The lowest BCUT2D eigenvalue weighted by Gasteiger charge is -2.05. The Labute approximate surface area is 106 Å². The summed E-state index contributed by atoms with van der Waals surface area (Å²) in [6, 6.07) is 13.3. The van der Waals surface area contributed by atoms with Gasteiger partial charge in [0.15, 0.2) is 0 Å². The van der Waals surface area contributed by atoms with E-state index in [-0.39, 0.29) is 5.69 Å². The smallest absolute Gasteiger partial charge is 0.273 e. The van der Waals surface area contributed by atoms with Crippen molar-refractivity contribution in [3.05, 3.63) is 63.1 Å². The minimum atomic E-state index is -0.450. The quantitative estimate of drug-likeness (QED) is 0.631. The van der Waals surface area contributed by atoms with E-state index < -0.39 is 4.92 Å². The summed E-state index contributed by atoms with van der Waals surface area (Å²) in [6.45, 7) is 0. The van der Waals surface area contributed by atoms with E-state index in [0.717, 1.165) is 4.47 Å². The second-order valence-electron chi connectivity index (χ2n) is 3.31. The summed E-state index contributed by atoms with van der Waals surface area (Å²) >= 11 is 3.32. The van der Waals surface area contributed by atoms with Gasteiger partial charge < -0.3 is 4.74 Å². The van der Waals surface area contributed by atoms with Gasteiger partial charge in [0.2, 0.25) is 0 Å². The summed E-state index contributed by atoms with van der Waals surface area (Å²) in [5, 5.41) is 10.6. The summed E-state index contributed by atoms with van der Waals surface area (Å²) < 4.78 is 6.45. The molecule has 0 saturated carbocycles. The lowest BCUT2D eigenvalue weighted by Crippen LogP contribution is -1.89. The fraction of sp³-hybridized carbons (Fsp3) is 0. The highest BCUT2D eigenvalue weighted by Crippen LogP contribution is 2.25. The Bertz CT molecular complexity index is 540. The van der Waals surface area contributed by atoms with Crippen LogP contribution in [0.2, 0.25) is 0 Å². The Morgan fingerprint density at radius 1 is 1.06 bits per heavy atom. The molecule has 0 aliphatic heterocycles. The first-order chi connectivity index (χ1) is 8.15. The van der Waals surface area contributed by atoms with Crippen molar-refractivity contribution >= 4 is 21.6 Å². The zero-order valence-corrected chi connectivity index (χ0v) is 10.3. The van der Waals surface area contributed by atoms with Crippen molar-refractivity contribution in [1.29, 1.82) is 0 Å². The molecule has 4 nitrogen and oxygen atoms in total. The van der Waals surface area contributed by atoms with Crippen LogP contribution < -0.4 is 4.74 Å². The first kappa shape index (κ1) is 11.6. The summed E-state index contributed by atoms with van der Waals surface area (Å²) in [5.74, 6) is 1.08. The van der Waals surface area contributed by atoms with Gasteiger partial charge in [-0.3, -0.25) is 10.1 Å². The Morgan fingerprint density at radius 3 is 2.41 bits per heavy atom. The molecule has 0 atom stereocenters. The molecule has 0 unspecified atom stereocenters. The molecule has 5 heteroatoms. The van der Waals surface area contributed by atoms with Crippen molar-refractivity contribution < 1.29 is 9.66 Å². The molecule has 2 rings (SSSR count). The Kier molecular flexibility index (Phi) is 3.39. The van der Waals surface area contributed by atoms with Crippen molar-refractivity contribution in [2.75, 3.05) is 0 Å². The van der Waals surface area contributed by atoms with Crippen LogP contribution in [0.15, 0.2) is 53.0 Å². The van der Waals surface area contributed by atoms with E-state index in [2.05, 4.69) is 15.9 Å². The normalized spacial score (nSPS) is 9.94. The van der Waals surface area contributed by atoms with E-state index in [0.29, 0.717) is 11.5 Å². The molecule has 0 fully saturated rings. The number of nitro groups is 1. The molecule has 0 saturated heterocycles. The summed E-state index contributed by atoms with van der Waals surface area (Å²) in [6.07, 6.45) is 0. The van der Waals surface area contributed by atoms with Gasteiger partial charge in [0, 0.05) is 10.5 Å². The first-order valence-electron chi connectivity index (χ1n) is 4.83. The number of nitro benzene ring substituents is 1. The van der Waals surface area contributed by atoms with Crippen molar-refractivity contribution in [2.24, 2.45) is 0 Å². The monoisotopic (exact) mass is 293 g/mol.